The van der Waals surface area contributed by atoms with E-state index >= 15 is 0 Å². The first-order valence-electron chi connectivity index (χ1n) is 8.90. The molecule has 0 bridgehead atoms. The number of hydrogen-bond acceptors (Lipinski definition) is 5. The van der Waals surface area contributed by atoms with E-state index in [1.807, 2.05) is 44.2 Å². The van der Waals surface area contributed by atoms with Crippen LogP contribution < -0.4 is 0 Å². The third kappa shape index (κ3) is 4.19. The van der Waals surface area contributed by atoms with E-state index in [4.69, 9.17) is 9.47 Å². The minimum Gasteiger partial charge on any atom is -0.452 e. The van der Waals surface area contributed by atoms with Gasteiger partial charge < -0.3 is 14.4 Å². The first kappa shape index (κ1) is 18.3. The average molecular weight is 356 g/mol. The van der Waals surface area contributed by atoms with Crippen LogP contribution in [-0.4, -0.2) is 53.2 Å². The van der Waals surface area contributed by atoms with Crippen LogP contribution in [0.1, 0.15) is 26.3 Å². The molecule has 1 aromatic heterocycles. The molecule has 6 heteroatoms. The predicted octanol–water partition coefficient (Wildman–Crippen LogP) is 2.34. The van der Waals surface area contributed by atoms with Crippen molar-refractivity contribution in [1.29, 1.82) is 0 Å². The summed E-state index contributed by atoms with van der Waals surface area (Å²) in [7, 11) is 0. The van der Waals surface area contributed by atoms with Gasteiger partial charge >= 0.3 is 5.97 Å². The van der Waals surface area contributed by atoms with Crippen LogP contribution in [0.4, 0.5) is 0 Å². The summed E-state index contributed by atoms with van der Waals surface area (Å²) in [6.07, 6.45) is 0.925. The van der Waals surface area contributed by atoms with Crippen molar-refractivity contribution in [3.63, 3.8) is 0 Å². The Morgan fingerprint density at radius 1 is 1.23 bits per heavy atom. The molecular formula is C20H24N2O4. The fraction of sp³-hybridized carbons (Fsp3) is 0.450. The molecule has 138 valence electrons. The van der Waals surface area contributed by atoms with Gasteiger partial charge in [-0.25, -0.2) is 0 Å². The number of benzene rings is 1. The van der Waals surface area contributed by atoms with Crippen LogP contribution in [0.15, 0.2) is 36.5 Å². The summed E-state index contributed by atoms with van der Waals surface area (Å²) in [5.74, 6) is -0.616. The Morgan fingerprint density at radius 3 is 2.65 bits per heavy atom. The topological polar surface area (TPSA) is 68.7 Å². The highest BCUT2D eigenvalue weighted by molar-refractivity contribution is 5.87. The summed E-state index contributed by atoms with van der Waals surface area (Å²) in [5.41, 5.74) is 1.57. The summed E-state index contributed by atoms with van der Waals surface area (Å²) in [4.78, 5) is 31.0. The molecular weight excluding hydrogens is 332 g/mol. The Labute approximate surface area is 153 Å². The second-order valence-corrected chi connectivity index (χ2v) is 6.80. The molecule has 2 heterocycles. The molecule has 1 saturated heterocycles. The molecule has 0 radical (unpaired) electrons. The molecule has 3 unspecified atom stereocenters. The summed E-state index contributed by atoms with van der Waals surface area (Å²) < 4.78 is 11.0. The number of amides is 1. The number of esters is 1. The number of hydrogen-bond donors (Lipinski definition) is 0. The van der Waals surface area contributed by atoms with Crippen molar-refractivity contribution < 1.29 is 19.1 Å². The number of para-hydroxylation sites is 1. The highest BCUT2D eigenvalue weighted by atomic mass is 16.5. The lowest BCUT2D eigenvalue weighted by Crippen LogP contribution is -2.51. The van der Waals surface area contributed by atoms with Crippen LogP contribution in [0.5, 0.6) is 0 Å². The van der Waals surface area contributed by atoms with Gasteiger partial charge in [0, 0.05) is 24.7 Å². The lowest BCUT2D eigenvalue weighted by molar-refractivity contribution is -0.164. The lowest BCUT2D eigenvalue weighted by Gasteiger charge is -2.36. The minimum absolute atomic E-state index is 0.0210. The molecule has 26 heavy (non-hydrogen) atoms. The van der Waals surface area contributed by atoms with E-state index in [-0.39, 0.29) is 24.5 Å². The molecule has 0 aliphatic carbocycles. The highest BCUT2D eigenvalue weighted by Gasteiger charge is 2.30. The summed E-state index contributed by atoms with van der Waals surface area (Å²) in [5, 5.41) is 0.971. The van der Waals surface area contributed by atoms with Gasteiger partial charge in [-0.3, -0.25) is 14.6 Å². The van der Waals surface area contributed by atoms with Gasteiger partial charge in [-0.1, -0.05) is 24.3 Å². The van der Waals surface area contributed by atoms with Crippen molar-refractivity contribution in [2.45, 2.75) is 45.5 Å². The molecule has 6 nitrogen and oxygen atoms in total. The maximum atomic E-state index is 12.6. The molecule has 3 atom stereocenters. The maximum absolute atomic E-state index is 12.6. The van der Waals surface area contributed by atoms with E-state index in [0.717, 1.165) is 16.5 Å². The molecule has 0 spiro atoms. The Morgan fingerprint density at radius 2 is 1.92 bits per heavy atom. The average Bonchev–Trinajstić information content (AvgIpc) is 2.60. The molecule has 3 rings (SSSR count). The lowest BCUT2D eigenvalue weighted by atomic mass is 10.1. The SMILES string of the molecule is CC1CN(C(=O)C(C)OC(=O)Cc2cccc3cccnc23)CC(C)O1. The number of aromatic nitrogens is 1. The Hall–Kier alpha value is -2.47. The van der Waals surface area contributed by atoms with Crippen LogP contribution >= 0.6 is 0 Å². The van der Waals surface area contributed by atoms with Crippen molar-refractivity contribution in [1.82, 2.24) is 9.88 Å². The number of nitrogens with zero attached hydrogens (tertiary/aromatic N) is 2. The van der Waals surface area contributed by atoms with Crippen LogP contribution in [0.2, 0.25) is 0 Å². The van der Waals surface area contributed by atoms with Crippen LogP contribution in [0.3, 0.4) is 0 Å². The van der Waals surface area contributed by atoms with E-state index in [1.165, 1.54) is 0 Å². The molecule has 2 aromatic rings. The van der Waals surface area contributed by atoms with Crippen molar-refractivity contribution in [2.75, 3.05) is 13.1 Å². The van der Waals surface area contributed by atoms with Crippen molar-refractivity contribution in [2.24, 2.45) is 0 Å². The summed E-state index contributed by atoms with van der Waals surface area (Å²) >= 11 is 0. The number of fused-ring (bicyclic) bond motifs is 1. The van der Waals surface area contributed by atoms with Gasteiger partial charge in [0.25, 0.3) is 5.91 Å². The highest BCUT2D eigenvalue weighted by Crippen LogP contribution is 2.17. The number of carbonyl (C=O) groups excluding carboxylic acids is 2. The quantitative estimate of drug-likeness (QED) is 0.787. The summed E-state index contributed by atoms with van der Waals surface area (Å²) in [6, 6.07) is 9.50. The molecule has 1 aromatic carbocycles. The summed E-state index contributed by atoms with van der Waals surface area (Å²) in [6.45, 7) is 6.50. The number of pyridine rings is 1. The van der Waals surface area contributed by atoms with Gasteiger partial charge in [-0.2, -0.15) is 0 Å². The second kappa shape index (κ2) is 7.83. The number of ether oxygens (including phenoxy) is 2. The van der Waals surface area contributed by atoms with E-state index in [2.05, 4.69) is 4.98 Å². The first-order valence-corrected chi connectivity index (χ1v) is 8.90. The monoisotopic (exact) mass is 356 g/mol. The minimum atomic E-state index is -0.817. The van der Waals surface area contributed by atoms with Gasteiger partial charge in [-0.15, -0.1) is 0 Å². The Balaban J connectivity index is 1.63. The zero-order valence-electron chi connectivity index (χ0n) is 15.3. The molecule has 0 saturated carbocycles. The number of carbonyl (C=O) groups is 2. The third-order valence-electron chi connectivity index (χ3n) is 4.44. The molecule has 0 N–H and O–H groups in total. The third-order valence-corrected chi connectivity index (χ3v) is 4.44. The second-order valence-electron chi connectivity index (χ2n) is 6.80. The number of rotatable bonds is 4. The maximum Gasteiger partial charge on any atom is 0.311 e. The van der Waals surface area contributed by atoms with Crippen molar-refractivity contribution in [3.05, 3.63) is 42.1 Å². The fourth-order valence-corrected chi connectivity index (χ4v) is 3.37. The first-order chi connectivity index (χ1) is 12.4. The van der Waals surface area contributed by atoms with E-state index < -0.39 is 12.1 Å². The molecule has 1 aliphatic rings. The van der Waals surface area contributed by atoms with Crippen LogP contribution in [0, 0.1) is 0 Å². The van der Waals surface area contributed by atoms with Gasteiger partial charge in [0.2, 0.25) is 0 Å². The molecule has 1 aliphatic heterocycles. The van der Waals surface area contributed by atoms with E-state index in [0.29, 0.717) is 13.1 Å². The van der Waals surface area contributed by atoms with Crippen molar-refractivity contribution >= 4 is 22.8 Å². The smallest absolute Gasteiger partial charge is 0.311 e. The van der Waals surface area contributed by atoms with Crippen LogP contribution in [-0.2, 0) is 25.5 Å². The van der Waals surface area contributed by atoms with Gasteiger partial charge in [0.05, 0.1) is 24.1 Å². The van der Waals surface area contributed by atoms with Crippen molar-refractivity contribution in [3.8, 4) is 0 Å². The largest absolute Gasteiger partial charge is 0.452 e. The molecule has 1 amide bonds. The van der Waals surface area contributed by atoms with Gasteiger partial charge in [0.15, 0.2) is 6.10 Å². The van der Waals surface area contributed by atoms with E-state index in [9.17, 15) is 9.59 Å². The van der Waals surface area contributed by atoms with E-state index in [1.54, 1.807) is 18.0 Å². The molecule has 1 fully saturated rings. The zero-order chi connectivity index (χ0) is 18.7. The normalized spacial score (nSPS) is 21.4. The zero-order valence-corrected chi connectivity index (χ0v) is 15.3. The fourth-order valence-electron chi connectivity index (χ4n) is 3.37. The van der Waals surface area contributed by atoms with Crippen LogP contribution in [0.25, 0.3) is 10.9 Å². The van der Waals surface area contributed by atoms with Gasteiger partial charge in [0.1, 0.15) is 0 Å². The van der Waals surface area contributed by atoms with Gasteiger partial charge in [-0.05, 0) is 32.4 Å². The number of morpholine rings is 1. The Bertz CT molecular complexity index is 792. The Kier molecular flexibility index (Phi) is 5.52. The standard InChI is InChI=1S/C20H24N2O4/c1-13-11-22(12-14(2)25-13)20(24)15(3)26-18(23)10-17-7-4-6-16-8-5-9-21-19(16)17/h4-9,13-15H,10-12H2,1-3H3. The predicted molar refractivity (Wildman–Crippen MR) is 97.6 cm³/mol.